The second kappa shape index (κ2) is 14.0. The van der Waals surface area contributed by atoms with Gasteiger partial charge in [-0.2, -0.15) is 0 Å². The van der Waals surface area contributed by atoms with Gasteiger partial charge in [0.15, 0.2) is 11.6 Å². The highest BCUT2D eigenvalue weighted by Crippen LogP contribution is 2.39. The number of benzene rings is 2. The lowest BCUT2D eigenvalue weighted by atomic mass is 10.2. The van der Waals surface area contributed by atoms with E-state index in [-0.39, 0.29) is 23.8 Å². The average molecular weight is 600 g/mol. The SMILES string of the molecule is COCCNCc1ccc(-c2cc3nccc(Oc4ccc(NC(=O)CC(=O)N(C)c5ccccc5)cc4F)c3s2)nc1. The fraction of sp³-hybridized carbons (Fsp3) is 0.188. The molecule has 0 aliphatic carbocycles. The normalized spacial score (nSPS) is 11.0. The van der Waals surface area contributed by atoms with Crippen molar-refractivity contribution in [3.05, 3.63) is 96.6 Å². The molecule has 0 saturated carbocycles. The standard InChI is InChI=1S/C32H30FN5O4S/c1-38(23-6-4-3-5-7-23)31(40)18-30(39)37-22-9-11-27(24(33)16-22)42-28-12-13-35-26-17-29(43-32(26)28)25-10-8-21(20-36-25)19-34-14-15-41-2/h3-13,16-17,20,34H,14-15,18-19H2,1-2H3,(H,37,39). The van der Waals surface area contributed by atoms with Crippen LogP contribution in [0.25, 0.3) is 20.8 Å². The zero-order chi connectivity index (χ0) is 30.2. The minimum Gasteiger partial charge on any atom is -0.453 e. The van der Waals surface area contributed by atoms with Crippen LogP contribution in [0, 0.1) is 5.82 Å². The first-order valence-corrected chi connectivity index (χ1v) is 14.4. The number of amides is 2. The number of ether oxygens (including phenoxy) is 2. The molecule has 0 saturated heterocycles. The van der Waals surface area contributed by atoms with Gasteiger partial charge in [0, 0.05) is 63.1 Å². The van der Waals surface area contributed by atoms with E-state index in [1.54, 1.807) is 50.7 Å². The van der Waals surface area contributed by atoms with E-state index in [0.717, 1.165) is 33.4 Å². The summed E-state index contributed by atoms with van der Waals surface area (Å²) >= 11 is 1.45. The zero-order valence-electron chi connectivity index (χ0n) is 23.7. The lowest BCUT2D eigenvalue weighted by molar-refractivity contribution is -0.125. The Balaban J connectivity index is 1.23. The van der Waals surface area contributed by atoms with Crippen LogP contribution < -0.4 is 20.3 Å². The van der Waals surface area contributed by atoms with Gasteiger partial charge in [-0.15, -0.1) is 11.3 Å². The van der Waals surface area contributed by atoms with Crippen molar-refractivity contribution in [2.75, 3.05) is 37.5 Å². The quantitative estimate of drug-likeness (QED) is 0.134. The third-order valence-electron chi connectivity index (χ3n) is 6.53. The number of halogens is 1. The molecule has 0 spiro atoms. The van der Waals surface area contributed by atoms with Crippen molar-refractivity contribution in [3.63, 3.8) is 0 Å². The van der Waals surface area contributed by atoms with E-state index in [1.807, 2.05) is 30.5 Å². The van der Waals surface area contributed by atoms with Gasteiger partial charge < -0.3 is 25.0 Å². The maximum atomic E-state index is 15.1. The number of thiophene rings is 1. The molecule has 0 bridgehead atoms. The van der Waals surface area contributed by atoms with Crippen molar-refractivity contribution in [1.82, 2.24) is 15.3 Å². The fourth-order valence-electron chi connectivity index (χ4n) is 4.24. The van der Waals surface area contributed by atoms with Gasteiger partial charge in [-0.25, -0.2) is 4.39 Å². The largest absolute Gasteiger partial charge is 0.453 e. The second-order valence-electron chi connectivity index (χ2n) is 9.62. The van der Waals surface area contributed by atoms with Gasteiger partial charge in [0.05, 0.1) is 27.4 Å². The molecular formula is C32H30FN5O4S. The smallest absolute Gasteiger partial charge is 0.236 e. The van der Waals surface area contributed by atoms with Gasteiger partial charge in [-0.05, 0) is 42.0 Å². The highest BCUT2D eigenvalue weighted by molar-refractivity contribution is 7.22. The number of pyridine rings is 2. The Hall–Kier alpha value is -4.71. The van der Waals surface area contributed by atoms with Crippen LogP contribution in [-0.4, -0.2) is 49.1 Å². The summed E-state index contributed by atoms with van der Waals surface area (Å²) in [4.78, 5) is 36.3. The molecular weight excluding hydrogens is 569 g/mol. The number of anilines is 2. The van der Waals surface area contributed by atoms with Gasteiger partial charge in [-0.1, -0.05) is 24.3 Å². The molecule has 2 N–H and O–H groups in total. The maximum absolute atomic E-state index is 15.1. The number of hydrogen-bond donors (Lipinski definition) is 2. The Labute approximate surface area is 252 Å². The maximum Gasteiger partial charge on any atom is 0.236 e. The Kier molecular flexibility index (Phi) is 9.67. The number of hydrogen-bond acceptors (Lipinski definition) is 8. The van der Waals surface area contributed by atoms with E-state index in [1.165, 1.54) is 28.4 Å². The lowest BCUT2D eigenvalue weighted by Gasteiger charge is -2.17. The van der Waals surface area contributed by atoms with E-state index in [4.69, 9.17) is 9.47 Å². The van der Waals surface area contributed by atoms with Gasteiger partial charge in [0.2, 0.25) is 11.8 Å². The summed E-state index contributed by atoms with van der Waals surface area (Å²) < 4.78 is 26.8. The molecule has 0 atom stereocenters. The molecule has 0 fully saturated rings. The number of nitrogens with one attached hydrogen (secondary N) is 2. The van der Waals surface area contributed by atoms with Crippen molar-refractivity contribution >= 4 is 44.7 Å². The zero-order valence-corrected chi connectivity index (χ0v) is 24.5. The summed E-state index contributed by atoms with van der Waals surface area (Å²) in [6.45, 7) is 2.10. The number of rotatable bonds is 12. The molecule has 5 rings (SSSR count). The van der Waals surface area contributed by atoms with Crippen LogP contribution in [0.15, 0.2) is 85.2 Å². The topological polar surface area (TPSA) is 106 Å². The third kappa shape index (κ3) is 7.58. The van der Waals surface area contributed by atoms with Crippen molar-refractivity contribution in [2.45, 2.75) is 13.0 Å². The fourth-order valence-corrected chi connectivity index (χ4v) is 5.28. The van der Waals surface area contributed by atoms with Crippen LogP contribution in [0.5, 0.6) is 11.5 Å². The van der Waals surface area contributed by atoms with Gasteiger partial charge in [-0.3, -0.25) is 19.6 Å². The summed E-state index contributed by atoms with van der Waals surface area (Å²) in [7, 11) is 3.27. The molecule has 11 heteroatoms. The molecule has 0 aliphatic rings. The summed E-state index contributed by atoms with van der Waals surface area (Å²) in [6.07, 6.45) is 3.05. The Bertz CT molecular complexity index is 1710. The summed E-state index contributed by atoms with van der Waals surface area (Å²) in [5.74, 6) is -1.16. The molecule has 3 aromatic heterocycles. The molecule has 0 radical (unpaired) electrons. The Morgan fingerprint density at radius 1 is 1.00 bits per heavy atom. The van der Waals surface area contributed by atoms with Crippen LogP contribution in [0.3, 0.4) is 0 Å². The third-order valence-corrected chi connectivity index (χ3v) is 7.69. The summed E-state index contributed by atoms with van der Waals surface area (Å²) in [5.41, 5.74) is 3.46. The molecule has 3 heterocycles. The number of nitrogens with zero attached hydrogens (tertiary/aromatic N) is 3. The summed E-state index contributed by atoms with van der Waals surface area (Å²) in [6, 6.07) is 20.7. The number of fused-ring (bicyclic) bond motifs is 1. The van der Waals surface area contributed by atoms with Crippen LogP contribution in [0.2, 0.25) is 0 Å². The molecule has 0 aliphatic heterocycles. The number of carbonyl (C=O) groups excluding carboxylic acids is 2. The van der Waals surface area contributed by atoms with Crippen LogP contribution >= 0.6 is 11.3 Å². The first kappa shape index (κ1) is 29.8. The first-order valence-electron chi connectivity index (χ1n) is 13.5. The minimum absolute atomic E-state index is 0.0104. The van der Waals surface area contributed by atoms with Crippen LogP contribution in [0.1, 0.15) is 12.0 Å². The number of carbonyl (C=O) groups is 2. The predicted molar refractivity (Wildman–Crippen MR) is 166 cm³/mol. The number of aromatic nitrogens is 2. The van der Waals surface area contributed by atoms with Gasteiger partial charge in [0.25, 0.3) is 0 Å². The number of methoxy groups -OCH3 is 1. The highest BCUT2D eigenvalue weighted by atomic mass is 32.1. The van der Waals surface area contributed by atoms with E-state index < -0.39 is 11.7 Å². The van der Waals surface area contributed by atoms with Crippen LogP contribution in [0.4, 0.5) is 15.8 Å². The van der Waals surface area contributed by atoms with Gasteiger partial charge in [0.1, 0.15) is 12.2 Å². The van der Waals surface area contributed by atoms with Crippen molar-refractivity contribution in [1.29, 1.82) is 0 Å². The molecule has 2 aromatic carbocycles. The first-order chi connectivity index (χ1) is 20.9. The van der Waals surface area contributed by atoms with Crippen LogP contribution in [-0.2, 0) is 20.9 Å². The highest BCUT2D eigenvalue weighted by Gasteiger charge is 2.17. The van der Waals surface area contributed by atoms with Gasteiger partial charge >= 0.3 is 0 Å². The van der Waals surface area contributed by atoms with E-state index in [2.05, 4.69) is 20.6 Å². The Morgan fingerprint density at radius 2 is 1.84 bits per heavy atom. The van der Waals surface area contributed by atoms with E-state index >= 15 is 4.39 Å². The van der Waals surface area contributed by atoms with Crippen molar-refractivity contribution < 1.29 is 23.5 Å². The molecule has 2 amide bonds. The lowest BCUT2D eigenvalue weighted by Crippen LogP contribution is -2.30. The molecule has 220 valence electrons. The average Bonchev–Trinajstić information content (AvgIpc) is 3.46. The monoisotopic (exact) mass is 599 g/mol. The van der Waals surface area contributed by atoms with Crippen molar-refractivity contribution in [3.8, 4) is 22.1 Å². The predicted octanol–water partition coefficient (Wildman–Crippen LogP) is 6.02. The molecule has 9 nitrogen and oxygen atoms in total. The Morgan fingerprint density at radius 3 is 2.58 bits per heavy atom. The van der Waals surface area contributed by atoms with E-state index in [9.17, 15) is 9.59 Å². The molecule has 0 unspecified atom stereocenters. The summed E-state index contributed by atoms with van der Waals surface area (Å²) in [5, 5.41) is 5.87. The second-order valence-corrected chi connectivity index (χ2v) is 10.7. The molecule has 5 aromatic rings. The molecule has 43 heavy (non-hydrogen) atoms. The van der Waals surface area contributed by atoms with E-state index in [0.29, 0.717) is 30.1 Å². The van der Waals surface area contributed by atoms with Crippen molar-refractivity contribution in [2.24, 2.45) is 0 Å². The number of para-hydroxylation sites is 1. The minimum atomic E-state index is -0.663.